The van der Waals surface area contributed by atoms with Gasteiger partial charge in [-0.15, -0.1) is 0 Å². The van der Waals surface area contributed by atoms with Crippen molar-refractivity contribution >= 4 is 17.5 Å². The Hall–Kier alpha value is -2.91. The SMILES string of the molecule is N#CCC1CCN(c2ccc(N3C[C@@H](CN=[N+]=[N-])OC3=O)cc2)CC1. The molecule has 3 rings (SSSR count). The number of nitrogens with zero attached hydrogens (tertiary/aromatic N) is 6. The topological polar surface area (TPSA) is 105 Å². The van der Waals surface area contributed by atoms with Crippen molar-refractivity contribution in [2.24, 2.45) is 11.0 Å². The molecule has 1 aromatic rings. The molecule has 0 unspecified atom stereocenters. The van der Waals surface area contributed by atoms with Crippen molar-refractivity contribution in [3.05, 3.63) is 34.7 Å². The highest BCUT2D eigenvalue weighted by molar-refractivity contribution is 5.90. The maximum Gasteiger partial charge on any atom is 0.414 e. The fraction of sp³-hybridized carbons (Fsp3) is 0.529. The summed E-state index contributed by atoms with van der Waals surface area (Å²) in [6.45, 7) is 2.43. The number of ether oxygens (including phenoxy) is 1. The van der Waals surface area contributed by atoms with Crippen LogP contribution in [-0.2, 0) is 4.74 Å². The summed E-state index contributed by atoms with van der Waals surface area (Å²) in [6, 6.07) is 10.1. The molecule has 25 heavy (non-hydrogen) atoms. The van der Waals surface area contributed by atoms with E-state index in [4.69, 9.17) is 15.5 Å². The maximum atomic E-state index is 12.0. The van der Waals surface area contributed by atoms with Crippen LogP contribution < -0.4 is 9.80 Å². The quantitative estimate of drug-likeness (QED) is 0.465. The molecule has 8 nitrogen and oxygen atoms in total. The van der Waals surface area contributed by atoms with Crippen molar-refractivity contribution in [3.63, 3.8) is 0 Å². The van der Waals surface area contributed by atoms with E-state index >= 15 is 0 Å². The lowest BCUT2D eigenvalue weighted by Crippen LogP contribution is -2.33. The number of hydrogen-bond acceptors (Lipinski definition) is 5. The first-order valence-electron chi connectivity index (χ1n) is 8.42. The minimum atomic E-state index is -0.414. The summed E-state index contributed by atoms with van der Waals surface area (Å²) >= 11 is 0. The van der Waals surface area contributed by atoms with Crippen molar-refractivity contribution < 1.29 is 9.53 Å². The molecular formula is C17H20N6O2. The number of azide groups is 1. The molecule has 0 aromatic heterocycles. The minimum Gasteiger partial charge on any atom is -0.444 e. The summed E-state index contributed by atoms with van der Waals surface area (Å²) in [5.74, 6) is 0.507. The van der Waals surface area contributed by atoms with Gasteiger partial charge < -0.3 is 9.64 Å². The highest BCUT2D eigenvalue weighted by Crippen LogP contribution is 2.28. The van der Waals surface area contributed by atoms with Crippen LogP contribution in [0.3, 0.4) is 0 Å². The normalized spacial score (nSPS) is 20.8. The first-order chi connectivity index (χ1) is 12.2. The van der Waals surface area contributed by atoms with Crippen LogP contribution in [0.25, 0.3) is 10.4 Å². The molecule has 8 heteroatoms. The average molecular weight is 340 g/mol. The monoisotopic (exact) mass is 340 g/mol. The van der Waals surface area contributed by atoms with Crippen molar-refractivity contribution in [1.82, 2.24) is 0 Å². The largest absolute Gasteiger partial charge is 0.444 e. The van der Waals surface area contributed by atoms with Gasteiger partial charge in [-0.2, -0.15) is 5.26 Å². The molecule has 0 aliphatic carbocycles. The Kier molecular flexibility index (Phi) is 5.26. The third kappa shape index (κ3) is 3.95. The number of rotatable bonds is 5. The Morgan fingerprint density at radius 1 is 1.28 bits per heavy atom. The van der Waals surface area contributed by atoms with Gasteiger partial charge in [0.15, 0.2) is 0 Å². The van der Waals surface area contributed by atoms with Crippen LogP contribution in [0.1, 0.15) is 19.3 Å². The fourth-order valence-corrected chi connectivity index (χ4v) is 3.32. The molecule has 2 fully saturated rings. The number of carbonyl (C=O) groups is 1. The highest BCUT2D eigenvalue weighted by atomic mass is 16.6. The van der Waals surface area contributed by atoms with Gasteiger partial charge in [0.2, 0.25) is 0 Å². The number of anilines is 2. The molecule has 2 aliphatic rings. The second-order valence-corrected chi connectivity index (χ2v) is 6.34. The third-order valence-corrected chi connectivity index (χ3v) is 4.74. The summed E-state index contributed by atoms with van der Waals surface area (Å²) in [4.78, 5) is 18.5. The predicted molar refractivity (Wildman–Crippen MR) is 93.2 cm³/mol. The number of hydrogen-bond donors (Lipinski definition) is 0. The highest BCUT2D eigenvalue weighted by Gasteiger charge is 2.31. The molecule has 0 N–H and O–H groups in total. The Balaban J connectivity index is 1.60. The van der Waals surface area contributed by atoms with E-state index in [9.17, 15) is 4.79 Å². The standard InChI is InChI=1S/C17H20N6O2/c18-8-5-13-6-9-22(10-7-13)14-1-3-15(4-2-14)23-12-16(11-20-21-19)25-17(23)24/h1-4,13,16H,5-7,9-12H2/t16-/m1/s1. The number of benzene rings is 1. The Labute approximate surface area is 146 Å². The Morgan fingerprint density at radius 2 is 1.96 bits per heavy atom. The van der Waals surface area contributed by atoms with E-state index in [1.54, 1.807) is 4.90 Å². The predicted octanol–water partition coefficient (Wildman–Crippen LogP) is 3.45. The van der Waals surface area contributed by atoms with Gasteiger partial charge >= 0.3 is 6.09 Å². The summed E-state index contributed by atoms with van der Waals surface area (Å²) < 4.78 is 5.20. The summed E-state index contributed by atoms with van der Waals surface area (Å²) in [7, 11) is 0. The number of cyclic esters (lactones) is 1. The lowest BCUT2D eigenvalue weighted by atomic mass is 9.94. The molecule has 0 radical (unpaired) electrons. The van der Waals surface area contributed by atoms with Gasteiger partial charge in [0.25, 0.3) is 0 Å². The van der Waals surface area contributed by atoms with Gasteiger partial charge in [-0.25, -0.2) is 4.79 Å². The lowest BCUT2D eigenvalue weighted by molar-refractivity contribution is 0.145. The van der Waals surface area contributed by atoms with E-state index in [2.05, 4.69) is 21.0 Å². The number of piperidine rings is 1. The van der Waals surface area contributed by atoms with E-state index in [-0.39, 0.29) is 6.54 Å². The van der Waals surface area contributed by atoms with Gasteiger partial charge in [-0.1, -0.05) is 5.11 Å². The van der Waals surface area contributed by atoms with Crippen molar-refractivity contribution in [2.45, 2.75) is 25.4 Å². The molecule has 1 aromatic carbocycles. The lowest BCUT2D eigenvalue weighted by Gasteiger charge is -2.33. The summed E-state index contributed by atoms with van der Waals surface area (Å²) in [5.41, 5.74) is 10.3. The van der Waals surface area contributed by atoms with Crippen LogP contribution in [0.15, 0.2) is 29.4 Å². The molecule has 130 valence electrons. The number of nitriles is 1. The van der Waals surface area contributed by atoms with Crippen LogP contribution >= 0.6 is 0 Å². The van der Waals surface area contributed by atoms with Gasteiger partial charge in [-0.3, -0.25) is 4.90 Å². The minimum absolute atomic E-state index is 0.147. The zero-order valence-corrected chi connectivity index (χ0v) is 13.9. The first-order valence-corrected chi connectivity index (χ1v) is 8.42. The van der Waals surface area contributed by atoms with Crippen molar-refractivity contribution in [2.75, 3.05) is 36.0 Å². The molecule has 2 aliphatic heterocycles. The van der Waals surface area contributed by atoms with Gasteiger partial charge in [0.05, 0.1) is 19.2 Å². The molecule has 0 saturated carbocycles. The second-order valence-electron chi connectivity index (χ2n) is 6.34. The number of amides is 1. The number of carbonyl (C=O) groups excluding carboxylic acids is 1. The Morgan fingerprint density at radius 3 is 2.60 bits per heavy atom. The summed E-state index contributed by atoms with van der Waals surface area (Å²) in [6.07, 6.45) is 1.90. The third-order valence-electron chi connectivity index (χ3n) is 4.74. The Bertz CT molecular complexity index is 699. The van der Waals surface area contributed by atoms with Crippen LogP contribution in [0, 0.1) is 17.2 Å². The summed E-state index contributed by atoms with van der Waals surface area (Å²) in [5, 5.41) is 12.3. The molecule has 1 atom stereocenters. The molecule has 1 amide bonds. The maximum absolute atomic E-state index is 12.0. The zero-order chi connectivity index (χ0) is 17.6. The zero-order valence-electron chi connectivity index (χ0n) is 13.9. The first kappa shape index (κ1) is 16.9. The van der Waals surface area contributed by atoms with E-state index in [1.165, 1.54) is 0 Å². The molecular weight excluding hydrogens is 320 g/mol. The fourth-order valence-electron chi connectivity index (χ4n) is 3.32. The van der Waals surface area contributed by atoms with E-state index in [1.807, 2.05) is 24.3 Å². The van der Waals surface area contributed by atoms with Crippen molar-refractivity contribution in [3.8, 4) is 6.07 Å². The van der Waals surface area contributed by atoms with Crippen LogP contribution in [0.5, 0.6) is 0 Å². The van der Waals surface area contributed by atoms with Crippen LogP contribution in [0.4, 0.5) is 16.2 Å². The molecule has 0 spiro atoms. The second kappa shape index (κ2) is 7.77. The van der Waals surface area contributed by atoms with E-state index in [0.717, 1.165) is 37.3 Å². The molecule has 0 bridgehead atoms. The van der Waals surface area contributed by atoms with Gasteiger partial charge in [0.1, 0.15) is 6.10 Å². The molecule has 2 heterocycles. The van der Waals surface area contributed by atoms with E-state index in [0.29, 0.717) is 18.9 Å². The van der Waals surface area contributed by atoms with Crippen LogP contribution in [-0.4, -0.2) is 38.4 Å². The molecule has 2 saturated heterocycles. The van der Waals surface area contributed by atoms with Crippen molar-refractivity contribution in [1.29, 1.82) is 5.26 Å². The smallest absolute Gasteiger partial charge is 0.414 e. The van der Waals surface area contributed by atoms with Crippen LogP contribution in [0.2, 0.25) is 0 Å². The average Bonchev–Trinajstić information content (AvgIpc) is 3.02. The van der Waals surface area contributed by atoms with Gasteiger partial charge in [0, 0.05) is 35.8 Å². The van der Waals surface area contributed by atoms with E-state index < -0.39 is 12.2 Å². The van der Waals surface area contributed by atoms with Gasteiger partial charge in [-0.05, 0) is 48.6 Å².